The van der Waals surface area contributed by atoms with Crippen LogP contribution in [-0.4, -0.2) is 46.0 Å². The summed E-state index contributed by atoms with van der Waals surface area (Å²) in [6, 6.07) is 1.09. The molecule has 4 nitrogen and oxygen atoms in total. The maximum Gasteiger partial charge on any atom is 0.435 e. The van der Waals surface area contributed by atoms with Crippen LogP contribution in [0.1, 0.15) is 37.4 Å². The molecule has 0 saturated carbocycles. The van der Waals surface area contributed by atoms with E-state index in [1.165, 1.54) is 10.9 Å². The molecule has 0 radical (unpaired) electrons. The number of rotatable bonds is 5. The number of nitrogens with zero attached hydrogens (tertiary/aromatic N) is 3. The summed E-state index contributed by atoms with van der Waals surface area (Å²) >= 11 is 0. The van der Waals surface area contributed by atoms with Gasteiger partial charge in [0.25, 0.3) is 0 Å². The van der Waals surface area contributed by atoms with Gasteiger partial charge in [-0.3, -0.25) is 4.68 Å². The van der Waals surface area contributed by atoms with Gasteiger partial charge in [-0.2, -0.15) is 18.3 Å². The van der Waals surface area contributed by atoms with Gasteiger partial charge in [0.15, 0.2) is 5.69 Å². The van der Waals surface area contributed by atoms with Crippen molar-refractivity contribution in [3.8, 4) is 0 Å². The highest BCUT2D eigenvalue weighted by atomic mass is 19.4. The van der Waals surface area contributed by atoms with Crippen molar-refractivity contribution >= 4 is 0 Å². The van der Waals surface area contributed by atoms with E-state index in [0.717, 1.165) is 51.4 Å². The van der Waals surface area contributed by atoms with Gasteiger partial charge in [0.2, 0.25) is 0 Å². The molecule has 0 unspecified atom stereocenters. The minimum Gasteiger partial charge on any atom is -0.396 e. The summed E-state index contributed by atoms with van der Waals surface area (Å²) in [6.45, 7) is 2.90. The second-order valence-corrected chi connectivity index (χ2v) is 5.18. The monoisotopic (exact) mass is 291 g/mol. The summed E-state index contributed by atoms with van der Waals surface area (Å²) in [6.07, 6.45) is 0.455. The molecule has 1 aliphatic rings. The Balaban J connectivity index is 1.83. The first kappa shape index (κ1) is 15.3. The van der Waals surface area contributed by atoms with Crippen molar-refractivity contribution < 1.29 is 18.3 Å². The molecule has 1 aromatic rings. The van der Waals surface area contributed by atoms with Gasteiger partial charge in [-0.05, 0) is 38.3 Å². The highest BCUT2D eigenvalue weighted by Crippen LogP contribution is 2.29. The SMILES string of the molecule is OCCCCN1CCC(n2ccc(C(F)(F)F)n2)CC1. The summed E-state index contributed by atoms with van der Waals surface area (Å²) in [5.74, 6) is 0. The van der Waals surface area contributed by atoms with Crippen molar-refractivity contribution in [1.82, 2.24) is 14.7 Å². The van der Waals surface area contributed by atoms with Crippen LogP contribution < -0.4 is 0 Å². The zero-order chi connectivity index (χ0) is 14.6. The van der Waals surface area contributed by atoms with E-state index in [2.05, 4.69) is 10.00 Å². The molecule has 20 heavy (non-hydrogen) atoms. The Kier molecular flexibility index (Phi) is 5.04. The van der Waals surface area contributed by atoms with E-state index in [-0.39, 0.29) is 12.6 Å². The van der Waals surface area contributed by atoms with Crippen molar-refractivity contribution in [1.29, 1.82) is 0 Å². The predicted octanol–water partition coefficient (Wildman–Crippen LogP) is 2.31. The standard InChI is InChI=1S/C13H20F3N3O/c14-13(15,16)12-5-9-19(17-12)11-3-7-18(8-4-11)6-1-2-10-20/h5,9,11,20H,1-4,6-8,10H2. The Morgan fingerprint density at radius 3 is 2.50 bits per heavy atom. The Labute approximate surface area is 116 Å². The lowest BCUT2D eigenvalue weighted by molar-refractivity contribution is -0.141. The highest BCUT2D eigenvalue weighted by Gasteiger charge is 2.34. The normalized spacial score (nSPS) is 18.6. The first-order valence-electron chi connectivity index (χ1n) is 6.96. The van der Waals surface area contributed by atoms with Gasteiger partial charge in [-0.1, -0.05) is 0 Å². The smallest absolute Gasteiger partial charge is 0.396 e. The zero-order valence-corrected chi connectivity index (χ0v) is 11.3. The molecule has 1 aliphatic heterocycles. The molecule has 1 N–H and O–H groups in total. The third-order valence-electron chi connectivity index (χ3n) is 3.71. The number of aliphatic hydroxyl groups excluding tert-OH is 1. The fraction of sp³-hybridized carbons (Fsp3) is 0.769. The lowest BCUT2D eigenvalue weighted by atomic mass is 10.1. The van der Waals surface area contributed by atoms with Crippen LogP contribution in [0, 0.1) is 0 Å². The number of aromatic nitrogens is 2. The average molecular weight is 291 g/mol. The summed E-state index contributed by atoms with van der Waals surface area (Å²) in [4.78, 5) is 2.29. The molecule has 1 fully saturated rings. The molecule has 7 heteroatoms. The number of piperidine rings is 1. The molecule has 0 aromatic carbocycles. The highest BCUT2D eigenvalue weighted by molar-refractivity contribution is 5.04. The van der Waals surface area contributed by atoms with Gasteiger partial charge >= 0.3 is 6.18 Å². The summed E-state index contributed by atoms with van der Waals surface area (Å²) in [5.41, 5.74) is -0.817. The first-order valence-corrected chi connectivity index (χ1v) is 6.96. The average Bonchev–Trinajstić information content (AvgIpc) is 2.89. The van der Waals surface area contributed by atoms with E-state index in [4.69, 9.17) is 5.11 Å². The largest absolute Gasteiger partial charge is 0.435 e. The maximum absolute atomic E-state index is 12.5. The van der Waals surface area contributed by atoms with Crippen LogP contribution in [0.25, 0.3) is 0 Å². The van der Waals surface area contributed by atoms with Gasteiger partial charge in [-0.15, -0.1) is 0 Å². The van der Waals surface area contributed by atoms with Gasteiger partial charge in [-0.25, -0.2) is 0 Å². The lowest BCUT2D eigenvalue weighted by Crippen LogP contribution is -2.35. The Bertz CT molecular complexity index is 411. The number of hydrogen-bond donors (Lipinski definition) is 1. The Hall–Kier alpha value is -1.08. The lowest BCUT2D eigenvalue weighted by Gasteiger charge is -2.32. The van der Waals surface area contributed by atoms with Crippen LogP contribution in [0.5, 0.6) is 0 Å². The molecule has 0 atom stereocenters. The van der Waals surface area contributed by atoms with Crippen LogP contribution in [0.4, 0.5) is 13.2 Å². The molecule has 2 heterocycles. The van der Waals surface area contributed by atoms with Crippen LogP contribution in [0.15, 0.2) is 12.3 Å². The summed E-state index contributed by atoms with van der Waals surface area (Å²) in [7, 11) is 0. The van der Waals surface area contributed by atoms with Gasteiger partial charge in [0, 0.05) is 25.9 Å². The summed E-state index contributed by atoms with van der Waals surface area (Å²) in [5, 5.41) is 12.4. The number of unbranched alkanes of at least 4 members (excludes halogenated alkanes) is 1. The predicted molar refractivity (Wildman–Crippen MR) is 68.3 cm³/mol. The van der Waals surface area contributed by atoms with E-state index >= 15 is 0 Å². The molecular formula is C13H20F3N3O. The van der Waals surface area contributed by atoms with Crippen LogP contribution in [0.3, 0.4) is 0 Å². The fourth-order valence-corrected chi connectivity index (χ4v) is 2.55. The molecular weight excluding hydrogens is 271 g/mol. The quantitative estimate of drug-likeness (QED) is 0.846. The molecule has 1 aromatic heterocycles. The summed E-state index contributed by atoms with van der Waals surface area (Å²) < 4.78 is 38.9. The fourth-order valence-electron chi connectivity index (χ4n) is 2.55. The van der Waals surface area contributed by atoms with Crippen molar-refractivity contribution in [2.24, 2.45) is 0 Å². The molecule has 0 aliphatic carbocycles. The Morgan fingerprint density at radius 1 is 1.25 bits per heavy atom. The number of likely N-dealkylation sites (tertiary alicyclic amines) is 1. The van der Waals surface area contributed by atoms with Gasteiger partial charge in [0.1, 0.15) is 0 Å². The Morgan fingerprint density at radius 2 is 1.95 bits per heavy atom. The van der Waals surface area contributed by atoms with Crippen molar-refractivity contribution in [2.75, 3.05) is 26.2 Å². The number of aliphatic hydroxyl groups is 1. The zero-order valence-electron chi connectivity index (χ0n) is 11.3. The molecule has 0 spiro atoms. The van der Waals surface area contributed by atoms with Crippen molar-refractivity contribution in [3.05, 3.63) is 18.0 Å². The second kappa shape index (κ2) is 6.58. The number of hydrogen-bond acceptors (Lipinski definition) is 3. The molecule has 1 saturated heterocycles. The van der Waals surface area contributed by atoms with Crippen molar-refractivity contribution in [3.63, 3.8) is 0 Å². The molecule has 114 valence electrons. The van der Waals surface area contributed by atoms with E-state index in [9.17, 15) is 13.2 Å². The third-order valence-corrected chi connectivity index (χ3v) is 3.71. The van der Waals surface area contributed by atoms with Crippen LogP contribution in [0.2, 0.25) is 0 Å². The molecule has 0 bridgehead atoms. The van der Waals surface area contributed by atoms with E-state index < -0.39 is 11.9 Å². The van der Waals surface area contributed by atoms with Gasteiger partial charge in [0.05, 0.1) is 6.04 Å². The van der Waals surface area contributed by atoms with Crippen LogP contribution in [-0.2, 0) is 6.18 Å². The molecule has 2 rings (SSSR count). The number of halogens is 3. The topological polar surface area (TPSA) is 41.3 Å². The van der Waals surface area contributed by atoms with E-state index in [1.54, 1.807) is 0 Å². The van der Waals surface area contributed by atoms with E-state index in [1.807, 2.05) is 0 Å². The minimum atomic E-state index is -4.36. The van der Waals surface area contributed by atoms with Gasteiger partial charge < -0.3 is 10.0 Å². The van der Waals surface area contributed by atoms with Crippen molar-refractivity contribution in [2.45, 2.75) is 37.9 Å². The van der Waals surface area contributed by atoms with Crippen LogP contribution >= 0.6 is 0 Å². The van der Waals surface area contributed by atoms with E-state index in [0.29, 0.717) is 0 Å². The third kappa shape index (κ3) is 3.96. The first-order chi connectivity index (χ1) is 9.50. The molecule has 0 amide bonds. The second-order valence-electron chi connectivity index (χ2n) is 5.18. The minimum absolute atomic E-state index is 0.0557. The maximum atomic E-state index is 12.5. The number of alkyl halides is 3.